The lowest BCUT2D eigenvalue weighted by molar-refractivity contribution is -0.118. The van der Waals surface area contributed by atoms with E-state index in [1.165, 1.54) is 5.56 Å². The Hall–Kier alpha value is -1.62. The van der Waals surface area contributed by atoms with Gasteiger partial charge in [0.2, 0.25) is 5.91 Å². The van der Waals surface area contributed by atoms with Crippen molar-refractivity contribution in [2.45, 2.75) is 46.6 Å². The fraction of sp³-hybridized carbons (Fsp3) is 0.500. The second kappa shape index (κ2) is 6.89. The lowest BCUT2D eigenvalue weighted by Gasteiger charge is -2.07. The molecule has 0 aliphatic carbocycles. The van der Waals surface area contributed by atoms with Gasteiger partial charge >= 0.3 is 0 Å². The Labute approximate surface area is 129 Å². The predicted octanol–water partition coefficient (Wildman–Crippen LogP) is 3.66. The Bertz CT molecular complexity index is 713. The number of ether oxygens (including phenoxy) is 1. The van der Waals surface area contributed by atoms with Crippen molar-refractivity contribution in [2.24, 2.45) is 4.99 Å². The average molecular weight is 306 g/mol. The molecule has 0 saturated heterocycles. The number of hydrogen-bond donors (Lipinski definition) is 0. The summed E-state index contributed by atoms with van der Waals surface area (Å²) in [6, 6.07) is 4.01. The Morgan fingerprint density at radius 1 is 1.38 bits per heavy atom. The van der Waals surface area contributed by atoms with Gasteiger partial charge in [-0.25, -0.2) is 0 Å². The number of benzene rings is 1. The van der Waals surface area contributed by atoms with Gasteiger partial charge in [-0.1, -0.05) is 30.7 Å². The highest BCUT2D eigenvalue weighted by Gasteiger charge is 2.13. The second-order valence-corrected chi connectivity index (χ2v) is 5.98. The number of methoxy groups -OCH3 is 1. The molecular formula is C16H22N2O2S. The molecule has 4 nitrogen and oxygen atoms in total. The first-order valence-electron chi connectivity index (χ1n) is 7.36. The molecule has 1 aromatic carbocycles. The summed E-state index contributed by atoms with van der Waals surface area (Å²) in [6.07, 6.45) is 2.42. The maximum atomic E-state index is 12.0. The molecule has 0 radical (unpaired) electrons. The Morgan fingerprint density at radius 2 is 2.14 bits per heavy atom. The molecule has 0 atom stereocenters. The van der Waals surface area contributed by atoms with E-state index in [9.17, 15) is 4.79 Å². The third-order valence-corrected chi connectivity index (χ3v) is 4.70. The summed E-state index contributed by atoms with van der Waals surface area (Å²) in [5.41, 5.74) is 2.22. The lowest BCUT2D eigenvalue weighted by Crippen LogP contribution is -2.16. The zero-order chi connectivity index (χ0) is 15.4. The van der Waals surface area contributed by atoms with Crippen molar-refractivity contribution < 1.29 is 9.53 Å². The van der Waals surface area contributed by atoms with Gasteiger partial charge < -0.3 is 9.30 Å². The Balaban J connectivity index is 2.62. The zero-order valence-electron chi connectivity index (χ0n) is 13.1. The van der Waals surface area contributed by atoms with Crippen LogP contribution in [0.25, 0.3) is 10.2 Å². The van der Waals surface area contributed by atoms with Gasteiger partial charge in [-0.05, 0) is 31.9 Å². The molecule has 2 aromatic rings. The number of fused-ring (bicyclic) bond motifs is 1. The van der Waals surface area contributed by atoms with E-state index in [0.29, 0.717) is 6.42 Å². The fourth-order valence-electron chi connectivity index (χ4n) is 2.31. The van der Waals surface area contributed by atoms with E-state index in [1.807, 2.05) is 12.1 Å². The summed E-state index contributed by atoms with van der Waals surface area (Å²) < 4.78 is 8.67. The lowest BCUT2D eigenvalue weighted by atomic mass is 10.2. The molecule has 21 heavy (non-hydrogen) atoms. The van der Waals surface area contributed by atoms with Crippen molar-refractivity contribution in [3.8, 4) is 5.75 Å². The zero-order valence-corrected chi connectivity index (χ0v) is 13.9. The van der Waals surface area contributed by atoms with Crippen molar-refractivity contribution >= 4 is 27.5 Å². The van der Waals surface area contributed by atoms with Gasteiger partial charge in [0, 0.05) is 13.0 Å². The van der Waals surface area contributed by atoms with Crippen LogP contribution >= 0.6 is 11.3 Å². The number of rotatable bonds is 5. The van der Waals surface area contributed by atoms with Crippen LogP contribution in [0, 0.1) is 6.92 Å². The first-order chi connectivity index (χ1) is 10.1. The van der Waals surface area contributed by atoms with Gasteiger partial charge in [-0.3, -0.25) is 4.79 Å². The average Bonchev–Trinajstić information content (AvgIpc) is 2.84. The standard InChI is InChI=1S/C16H22N2O2S/c1-5-7-8-13(19)17-16-18(6-2)14-12(20-4)10-9-11(3)15(14)21-16/h9-10H,5-8H2,1-4H3. The molecule has 2 rings (SSSR count). The van der Waals surface area contributed by atoms with Crippen molar-refractivity contribution in [1.29, 1.82) is 0 Å². The van der Waals surface area contributed by atoms with Crippen LogP contribution in [0.3, 0.4) is 0 Å². The number of hydrogen-bond acceptors (Lipinski definition) is 3. The van der Waals surface area contributed by atoms with E-state index in [2.05, 4.69) is 30.3 Å². The summed E-state index contributed by atoms with van der Waals surface area (Å²) in [7, 11) is 1.67. The number of amides is 1. The monoisotopic (exact) mass is 306 g/mol. The Morgan fingerprint density at radius 3 is 2.76 bits per heavy atom. The van der Waals surface area contributed by atoms with Crippen molar-refractivity contribution in [2.75, 3.05) is 7.11 Å². The number of nitrogens with zero attached hydrogens (tertiary/aromatic N) is 2. The van der Waals surface area contributed by atoms with E-state index < -0.39 is 0 Å². The molecule has 0 spiro atoms. The molecule has 0 bridgehead atoms. The fourth-order valence-corrected chi connectivity index (χ4v) is 3.51. The van der Waals surface area contributed by atoms with Crippen LogP contribution in [0.2, 0.25) is 0 Å². The highest BCUT2D eigenvalue weighted by molar-refractivity contribution is 7.16. The minimum atomic E-state index is -0.0396. The summed E-state index contributed by atoms with van der Waals surface area (Å²) in [6.45, 7) is 6.97. The molecule has 0 aliphatic rings. The normalized spacial score (nSPS) is 12.1. The molecule has 0 aliphatic heterocycles. The highest BCUT2D eigenvalue weighted by atomic mass is 32.1. The van der Waals surface area contributed by atoms with E-state index in [0.717, 1.165) is 40.2 Å². The number of aromatic nitrogens is 1. The topological polar surface area (TPSA) is 43.6 Å². The van der Waals surface area contributed by atoms with Gasteiger partial charge in [0.15, 0.2) is 4.80 Å². The molecule has 114 valence electrons. The summed E-state index contributed by atoms with van der Waals surface area (Å²) in [4.78, 5) is 17.0. The number of thiazole rings is 1. The summed E-state index contributed by atoms with van der Waals surface area (Å²) >= 11 is 1.56. The van der Waals surface area contributed by atoms with E-state index in [-0.39, 0.29) is 5.91 Å². The minimum Gasteiger partial charge on any atom is -0.495 e. The SMILES string of the molecule is CCCCC(=O)N=c1sc2c(C)ccc(OC)c2n1CC. The smallest absolute Gasteiger partial charge is 0.248 e. The molecule has 0 N–H and O–H groups in total. The first kappa shape index (κ1) is 15.8. The number of carbonyl (C=O) groups excluding carboxylic acids is 1. The van der Waals surface area contributed by atoms with E-state index in [4.69, 9.17) is 4.74 Å². The maximum Gasteiger partial charge on any atom is 0.248 e. The van der Waals surface area contributed by atoms with Gasteiger partial charge in [-0.2, -0.15) is 4.99 Å². The van der Waals surface area contributed by atoms with Crippen molar-refractivity contribution in [1.82, 2.24) is 4.57 Å². The van der Waals surface area contributed by atoms with Crippen LogP contribution in [0.5, 0.6) is 5.75 Å². The second-order valence-electron chi connectivity index (χ2n) is 5.00. The van der Waals surface area contributed by atoms with Gasteiger partial charge in [-0.15, -0.1) is 0 Å². The van der Waals surface area contributed by atoms with Crippen molar-refractivity contribution in [3.63, 3.8) is 0 Å². The highest BCUT2D eigenvalue weighted by Crippen LogP contribution is 2.30. The maximum absolute atomic E-state index is 12.0. The molecule has 1 amide bonds. The van der Waals surface area contributed by atoms with Crippen LogP contribution < -0.4 is 9.54 Å². The number of unbranched alkanes of at least 4 members (excludes halogenated alkanes) is 1. The minimum absolute atomic E-state index is 0.0396. The van der Waals surface area contributed by atoms with Crippen LogP contribution in [0.15, 0.2) is 17.1 Å². The summed E-state index contributed by atoms with van der Waals surface area (Å²) in [5.74, 6) is 0.790. The Kier molecular flexibility index (Phi) is 5.17. The third-order valence-electron chi connectivity index (χ3n) is 3.49. The van der Waals surface area contributed by atoms with Crippen LogP contribution in [-0.2, 0) is 11.3 Å². The van der Waals surface area contributed by atoms with Crippen LogP contribution in [-0.4, -0.2) is 17.6 Å². The summed E-state index contributed by atoms with van der Waals surface area (Å²) in [5, 5.41) is 0. The largest absolute Gasteiger partial charge is 0.495 e. The third kappa shape index (κ3) is 3.18. The molecule has 1 heterocycles. The van der Waals surface area contributed by atoms with E-state index in [1.54, 1.807) is 18.4 Å². The molecule has 0 unspecified atom stereocenters. The number of carbonyl (C=O) groups is 1. The molecule has 0 saturated carbocycles. The molecule has 5 heteroatoms. The molecule has 1 aromatic heterocycles. The van der Waals surface area contributed by atoms with E-state index >= 15 is 0 Å². The van der Waals surface area contributed by atoms with Gasteiger partial charge in [0.05, 0.1) is 11.8 Å². The molecular weight excluding hydrogens is 284 g/mol. The molecule has 0 fully saturated rings. The van der Waals surface area contributed by atoms with Gasteiger partial charge in [0.25, 0.3) is 0 Å². The van der Waals surface area contributed by atoms with Crippen LogP contribution in [0.4, 0.5) is 0 Å². The first-order valence-corrected chi connectivity index (χ1v) is 8.18. The van der Waals surface area contributed by atoms with Crippen molar-refractivity contribution in [3.05, 3.63) is 22.5 Å². The predicted molar refractivity (Wildman–Crippen MR) is 86.9 cm³/mol. The van der Waals surface area contributed by atoms with Crippen LogP contribution in [0.1, 0.15) is 38.7 Å². The number of aryl methyl sites for hydroxylation is 2. The van der Waals surface area contributed by atoms with Gasteiger partial charge in [0.1, 0.15) is 11.3 Å². The quantitative estimate of drug-likeness (QED) is 0.846.